The lowest BCUT2D eigenvalue weighted by atomic mass is 9.96. The molecule has 4 aromatic rings. The molecule has 2 aromatic heterocycles. The van der Waals surface area contributed by atoms with Crippen LogP contribution in [0.4, 0.5) is 0 Å². The van der Waals surface area contributed by atoms with Crippen LogP contribution < -0.4 is 5.56 Å². The van der Waals surface area contributed by atoms with Gasteiger partial charge in [-0.25, -0.2) is 0 Å². The second kappa shape index (κ2) is 8.39. The largest absolute Gasteiger partial charge is 0.507 e. The molecular weight excluding hydrogens is 380 g/mol. The average Bonchev–Trinajstić information content (AvgIpc) is 3.23. The van der Waals surface area contributed by atoms with E-state index < -0.39 is 0 Å². The maximum absolute atomic E-state index is 12.3. The number of aromatic nitrogens is 1. The Kier molecular flexibility index (Phi) is 5.69. The van der Waals surface area contributed by atoms with Crippen LogP contribution in [0.1, 0.15) is 25.8 Å². The van der Waals surface area contributed by atoms with Gasteiger partial charge in [-0.1, -0.05) is 38.1 Å². The Labute approximate surface area is 174 Å². The Hall–Kier alpha value is -2.63. The highest BCUT2D eigenvalue weighted by atomic mass is 32.1. The van der Waals surface area contributed by atoms with Gasteiger partial charge in [-0.2, -0.15) is 0 Å². The number of hydrogen-bond donors (Lipinski definition) is 2. The number of fused-ring (bicyclic) bond motifs is 3. The number of nitrogens with zero attached hydrogens (tertiary/aromatic N) is 1. The van der Waals surface area contributed by atoms with Crippen LogP contribution in [0.15, 0.2) is 52.6 Å². The highest BCUT2D eigenvalue weighted by Crippen LogP contribution is 2.39. The molecule has 0 aliphatic heterocycles. The number of thiophene rings is 1. The Bertz CT molecular complexity index is 1190. The van der Waals surface area contributed by atoms with Gasteiger partial charge in [0.05, 0.1) is 0 Å². The van der Waals surface area contributed by atoms with Gasteiger partial charge in [0, 0.05) is 21.9 Å². The molecule has 2 N–H and O–H groups in total. The summed E-state index contributed by atoms with van der Waals surface area (Å²) < 4.78 is 0.692. The first-order valence-corrected chi connectivity index (χ1v) is 11.1. The van der Waals surface area contributed by atoms with Gasteiger partial charge in [-0.3, -0.25) is 4.79 Å². The average molecular weight is 407 g/mol. The van der Waals surface area contributed by atoms with E-state index in [9.17, 15) is 9.90 Å². The molecule has 0 amide bonds. The second-order valence-corrected chi connectivity index (χ2v) is 8.24. The fourth-order valence-electron chi connectivity index (χ4n) is 4.01. The highest BCUT2D eigenvalue weighted by molar-refractivity contribution is 7.17. The number of benzene rings is 2. The minimum Gasteiger partial charge on any atom is -0.507 e. The van der Waals surface area contributed by atoms with Crippen LogP contribution in [0.3, 0.4) is 0 Å². The number of aromatic amines is 1. The molecule has 0 aliphatic carbocycles. The number of hydrogen-bond acceptors (Lipinski definition) is 4. The molecular formula is C24H26N2O2S. The standard InChI is InChI=1S/C24H26N2O2S/c1-3-26(4-2)14-5-6-16-7-9-17(10-8-16)21-20(27)12-11-19-22(21)18-13-15-29-23(18)24(28)25-19/h7-13,15,27H,3-6,14H2,1-2H3,(H,25,28). The van der Waals surface area contributed by atoms with Gasteiger partial charge >= 0.3 is 0 Å². The van der Waals surface area contributed by atoms with Crippen molar-refractivity contribution in [1.82, 2.24) is 9.88 Å². The van der Waals surface area contributed by atoms with E-state index in [0.717, 1.165) is 59.9 Å². The Balaban J connectivity index is 1.69. The van der Waals surface area contributed by atoms with Crippen molar-refractivity contribution in [2.45, 2.75) is 26.7 Å². The molecule has 0 radical (unpaired) electrons. The molecule has 0 atom stereocenters. The van der Waals surface area contributed by atoms with Gasteiger partial charge < -0.3 is 15.0 Å². The van der Waals surface area contributed by atoms with Gasteiger partial charge in [0.1, 0.15) is 10.4 Å². The zero-order chi connectivity index (χ0) is 20.4. The van der Waals surface area contributed by atoms with Gasteiger partial charge in [-0.05, 0) is 67.2 Å². The number of phenols is 1. The fraction of sp³-hybridized carbons (Fsp3) is 0.292. The van der Waals surface area contributed by atoms with Crippen molar-refractivity contribution in [2.75, 3.05) is 19.6 Å². The molecule has 5 heteroatoms. The van der Waals surface area contributed by atoms with Crippen LogP contribution in [0.25, 0.3) is 32.1 Å². The first-order chi connectivity index (χ1) is 14.1. The first-order valence-electron chi connectivity index (χ1n) is 10.2. The number of phenolic OH excluding ortho intramolecular Hbond substituents is 1. The van der Waals surface area contributed by atoms with Gasteiger partial charge in [0.25, 0.3) is 5.56 Å². The van der Waals surface area contributed by atoms with Crippen molar-refractivity contribution < 1.29 is 5.11 Å². The maximum Gasteiger partial charge on any atom is 0.266 e. The molecule has 0 saturated carbocycles. The van der Waals surface area contributed by atoms with Crippen molar-refractivity contribution in [1.29, 1.82) is 0 Å². The number of H-pyrrole nitrogens is 1. The lowest BCUT2D eigenvalue weighted by molar-refractivity contribution is 0.300. The third-order valence-corrected chi connectivity index (χ3v) is 6.56. The van der Waals surface area contributed by atoms with Crippen molar-refractivity contribution in [3.05, 3.63) is 63.8 Å². The van der Waals surface area contributed by atoms with Crippen LogP contribution in [0.2, 0.25) is 0 Å². The second-order valence-electron chi connectivity index (χ2n) is 7.33. The van der Waals surface area contributed by atoms with Gasteiger partial charge in [0.15, 0.2) is 0 Å². The highest BCUT2D eigenvalue weighted by Gasteiger charge is 2.15. The topological polar surface area (TPSA) is 56.3 Å². The first kappa shape index (κ1) is 19.7. The Morgan fingerprint density at radius 2 is 1.79 bits per heavy atom. The van der Waals surface area contributed by atoms with E-state index in [1.165, 1.54) is 16.9 Å². The molecule has 4 nitrogen and oxygen atoms in total. The Morgan fingerprint density at radius 1 is 1.03 bits per heavy atom. The summed E-state index contributed by atoms with van der Waals surface area (Å²) in [6, 6.07) is 13.8. The van der Waals surface area contributed by atoms with Gasteiger partial charge in [-0.15, -0.1) is 11.3 Å². The molecule has 0 fully saturated rings. The van der Waals surface area contributed by atoms with E-state index in [2.05, 4.69) is 48.0 Å². The van der Waals surface area contributed by atoms with Crippen molar-refractivity contribution in [2.24, 2.45) is 0 Å². The maximum atomic E-state index is 12.3. The predicted octanol–water partition coefficient (Wildman–Crippen LogP) is 5.39. The molecule has 2 aromatic carbocycles. The third-order valence-electron chi connectivity index (χ3n) is 5.65. The normalized spacial score (nSPS) is 11.7. The van der Waals surface area contributed by atoms with Crippen molar-refractivity contribution in [3.8, 4) is 16.9 Å². The van der Waals surface area contributed by atoms with Crippen LogP contribution in [0, 0.1) is 0 Å². The number of aromatic hydroxyl groups is 1. The molecule has 0 bridgehead atoms. The molecule has 2 heterocycles. The molecule has 29 heavy (non-hydrogen) atoms. The summed E-state index contributed by atoms with van der Waals surface area (Å²) in [7, 11) is 0. The van der Waals surface area contributed by atoms with Crippen LogP contribution in [-0.2, 0) is 6.42 Å². The lowest BCUT2D eigenvalue weighted by Gasteiger charge is -2.17. The van der Waals surface area contributed by atoms with Crippen molar-refractivity contribution >= 4 is 32.3 Å². The minimum atomic E-state index is -0.0808. The molecule has 0 spiro atoms. The number of pyridine rings is 1. The van der Waals surface area contributed by atoms with E-state index in [4.69, 9.17) is 0 Å². The van der Waals surface area contributed by atoms with E-state index in [1.54, 1.807) is 12.1 Å². The summed E-state index contributed by atoms with van der Waals surface area (Å²) in [5.41, 5.74) is 3.70. The van der Waals surface area contributed by atoms with Crippen LogP contribution >= 0.6 is 11.3 Å². The number of nitrogens with one attached hydrogen (secondary N) is 1. The molecule has 0 unspecified atom stereocenters. The molecule has 0 saturated heterocycles. The monoisotopic (exact) mass is 406 g/mol. The van der Waals surface area contributed by atoms with E-state index in [1.807, 2.05) is 11.4 Å². The van der Waals surface area contributed by atoms with Crippen LogP contribution in [-0.4, -0.2) is 34.6 Å². The van der Waals surface area contributed by atoms with E-state index >= 15 is 0 Å². The summed E-state index contributed by atoms with van der Waals surface area (Å²) in [6.07, 6.45) is 2.18. The van der Waals surface area contributed by atoms with E-state index in [-0.39, 0.29) is 11.3 Å². The lowest BCUT2D eigenvalue weighted by Crippen LogP contribution is -2.24. The summed E-state index contributed by atoms with van der Waals surface area (Å²) >= 11 is 1.43. The number of rotatable bonds is 7. The summed E-state index contributed by atoms with van der Waals surface area (Å²) in [6.45, 7) is 7.70. The quantitative estimate of drug-likeness (QED) is 0.433. The molecule has 4 rings (SSSR count). The minimum absolute atomic E-state index is 0.0808. The zero-order valence-electron chi connectivity index (χ0n) is 16.9. The SMILES string of the molecule is CCN(CC)CCCc1ccc(-c2c(O)ccc3[nH]c(=O)c4sccc4c23)cc1. The predicted molar refractivity (Wildman–Crippen MR) is 123 cm³/mol. The number of aryl methyl sites for hydroxylation is 1. The Morgan fingerprint density at radius 3 is 2.52 bits per heavy atom. The van der Waals surface area contributed by atoms with Crippen LogP contribution in [0.5, 0.6) is 5.75 Å². The summed E-state index contributed by atoms with van der Waals surface area (Å²) in [5.74, 6) is 0.228. The fourth-order valence-corrected chi connectivity index (χ4v) is 4.81. The third kappa shape index (κ3) is 3.80. The van der Waals surface area contributed by atoms with Gasteiger partial charge in [0.2, 0.25) is 0 Å². The zero-order valence-corrected chi connectivity index (χ0v) is 17.7. The molecule has 0 aliphatic rings. The van der Waals surface area contributed by atoms with E-state index in [0.29, 0.717) is 4.70 Å². The summed E-state index contributed by atoms with van der Waals surface area (Å²) in [5, 5.41) is 14.4. The molecule has 150 valence electrons. The van der Waals surface area contributed by atoms with Crippen molar-refractivity contribution in [3.63, 3.8) is 0 Å². The summed E-state index contributed by atoms with van der Waals surface area (Å²) in [4.78, 5) is 17.7. The smallest absolute Gasteiger partial charge is 0.266 e.